The number of nitrogens with two attached hydrogens (primary N) is 2. The minimum Gasteiger partial charge on any atom is -0.478 e. The normalized spacial score (nSPS) is 12.2. The molecule has 9 N–H and O–H groups in total. The SMILES string of the molecule is NCCNCCNCCNCCN.O=C(O)c1ccc(C(=O)O)cc1.O=C1CCC(=O)O1. The van der Waals surface area contributed by atoms with E-state index in [1.54, 1.807) is 0 Å². The van der Waals surface area contributed by atoms with E-state index in [0.29, 0.717) is 13.1 Å². The Labute approximate surface area is 186 Å². The molecule has 0 aromatic heterocycles. The fourth-order valence-corrected chi connectivity index (χ4v) is 2.12. The van der Waals surface area contributed by atoms with Gasteiger partial charge in [0.1, 0.15) is 0 Å². The Morgan fingerprint density at radius 1 is 0.719 bits per heavy atom. The minimum atomic E-state index is -1.06. The van der Waals surface area contributed by atoms with Crippen molar-refractivity contribution in [3.05, 3.63) is 35.4 Å². The zero-order chi connectivity index (χ0) is 24.2. The van der Waals surface area contributed by atoms with Gasteiger partial charge in [0.2, 0.25) is 0 Å². The van der Waals surface area contributed by atoms with Gasteiger partial charge in [0.05, 0.1) is 24.0 Å². The van der Waals surface area contributed by atoms with Crippen LogP contribution in [0.5, 0.6) is 0 Å². The maximum atomic E-state index is 10.3. The van der Waals surface area contributed by atoms with E-state index < -0.39 is 23.9 Å². The van der Waals surface area contributed by atoms with Gasteiger partial charge in [-0.2, -0.15) is 0 Å². The molecule has 1 aliphatic heterocycles. The van der Waals surface area contributed by atoms with E-state index in [2.05, 4.69) is 20.7 Å². The van der Waals surface area contributed by atoms with Crippen molar-refractivity contribution in [3.8, 4) is 0 Å². The van der Waals surface area contributed by atoms with Gasteiger partial charge < -0.3 is 42.4 Å². The fraction of sp³-hybridized carbons (Fsp3) is 0.500. The molecular formula is C20H33N5O7. The number of carbonyl (C=O) groups excluding carboxylic acids is 2. The molecule has 12 heteroatoms. The Morgan fingerprint density at radius 2 is 1.03 bits per heavy atom. The summed E-state index contributed by atoms with van der Waals surface area (Å²) in [6.07, 6.45) is 0.525. The second kappa shape index (κ2) is 18.8. The smallest absolute Gasteiger partial charge is 0.335 e. The summed E-state index contributed by atoms with van der Waals surface area (Å²) in [5.41, 5.74) is 10.8. The van der Waals surface area contributed by atoms with Crippen LogP contribution in [0.1, 0.15) is 33.6 Å². The number of hydrogen-bond acceptors (Lipinski definition) is 10. The van der Waals surface area contributed by atoms with Gasteiger partial charge in [-0.3, -0.25) is 9.59 Å². The third-order valence-electron chi connectivity index (χ3n) is 3.74. The molecule has 32 heavy (non-hydrogen) atoms. The molecule has 1 saturated heterocycles. The van der Waals surface area contributed by atoms with Crippen LogP contribution < -0.4 is 27.4 Å². The number of esters is 2. The van der Waals surface area contributed by atoms with Crippen molar-refractivity contribution in [3.63, 3.8) is 0 Å². The van der Waals surface area contributed by atoms with Gasteiger partial charge in [0.25, 0.3) is 0 Å². The highest BCUT2D eigenvalue weighted by Crippen LogP contribution is 2.04. The van der Waals surface area contributed by atoms with E-state index in [1.165, 1.54) is 24.3 Å². The third-order valence-corrected chi connectivity index (χ3v) is 3.74. The summed E-state index contributed by atoms with van der Waals surface area (Å²) in [6.45, 7) is 7.15. The van der Waals surface area contributed by atoms with Gasteiger partial charge in [-0.15, -0.1) is 0 Å². The van der Waals surface area contributed by atoms with Gasteiger partial charge in [-0.05, 0) is 24.3 Å². The number of carboxylic acids is 2. The van der Waals surface area contributed by atoms with Crippen LogP contribution in [0, 0.1) is 0 Å². The first kappa shape index (κ1) is 29.1. The number of carbonyl (C=O) groups is 4. The average Bonchev–Trinajstić information content (AvgIpc) is 3.16. The van der Waals surface area contributed by atoms with Gasteiger partial charge in [-0.25, -0.2) is 9.59 Å². The van der Waals surface area contributed by atoms with Crippen LogP contribution in [0.25, 0.3) is 0 Å². The highest BCUT2D eigenvalue weighted by molar-refractivity contribution is 5.92. The number of benzene rings is 1. The number of aromatic carboxylic acids is 2. The molecule has 12 nitrogen and oxygen atoms in total. The Morgan fingerprint density at radius 3 is 1.25 bits per heavy atom. The maximum Gasteiger partial charge on any atom is 0.335 e. The van der Waals surface area contributed by atoms with Crippen molar-refractivity contribution in [2.45, 2.75) is 12.8 Å². The quantitative estimate of drug-likeness (QED) is 0.110. The summed E-state index contributed by atoms with van der Waals surface area (Å²) in [7, 11) is 0. The van der Waals surface area contributed by atoms with E-state index in [4.69, 9.17) is 21.7 Å². The zero-order valence-corrected chi connectivity index (χ0v) is 18.0. The second-order valence-electron chi connectivity index (χ2n) is 6.36. The first-order valence-electron chi connectivity index (χ1n) is 10.1. The van der Waals surface area contributed by atoms with E-state index in [-0.39, 0.29) is 24.0 Å². The van der Waals surface area contributed by atoms with Crippen LogP contribution in [0.3, 0.4) is 0 Å². The first-order valence-corrected chi connectivity index (χ1v) is 10.1. The monoisotopic (exact) mass is 455 g/mol. The van der Waals surface area contributed by atoms with Crippen LogP contribution >= 0.6 is 0 Å². The number of cyclic esters (lactones) is 2. The van der Waals surface area contributed by atoms with E-state index >= 15 is 0 Å². The van der Waals surface area contributed by atoms with E-state index in [1.807, 2.05) is 0 Å². The van der Waals surface area contributed by atoms with Crippen LogP contribution in [0.15, 0.2) is 24.3 Å². The number of nitrogens with one attached hydrogen (secondary N) is 3. The average molecular weight is 456 g/mol. The van der Waals surface area contributed by atoms with Gasteiger partial charge in [0.15, 0.2) is 0 Å². The molecule has 1 heterocycles. The number of hydrogen-bond donors (Lipinski definition) is 7. The van der Waals surface area contributed by atoms with Gasteiger partial charge >= 0.3 is 23.9 Å². The summed E-state index contributed by atoms with van der Waals surface area (Å²) >= 11 is 0. The van der Waals surface area contributed by atoms with Crippen molar-refractivity contribution in [2.24, 2.45) is 11.5 Å². The lowest BCUT2D eigenvalue weighted by Gasteiger charge is -2.06. The summed E-state index contributed by atoms with van der Waals surface area (Å²) in [5, 5.41) is 26.6. The van der Waals surface area contributed by atoms with Crippen molar-refractivity contribution in [1.82, 2.24) is 16.0 Å². The topological polar surface area (TPSA) is 206 Å². The highest BCUT2D eigenvalue weighted by atomic mass is 16.6. The molecule has 0 saturated carbocycles. The van der Waals surface area contributed by atoms with Crippen molar-refractivity contribution >= 4 is 23.9 Å². The molecule has 0 spiro atoms. The van der Waals surface area contributed by atoms with Crippen molar-refractivity contribution < 1.29 is 34.1 Å². The lowest BCUT2D eigenvalue weighted by Crippen LogP contribution is -2.35. The molecule has 0 aliphatic carbocycles. The standard InChI is InChI=1S/C8H23N5.C8H6O4.C4H4O3/c9-1-3-11-5-7-13-8-6-12-4-2-10;9-7(10)5-1-2-6(4-3-5)8(11)12;5-3-1-2-4(6)7-3/h11-13H,1-10H2;1-4H,(H,9,10)(H,11,12);1-2H2. The Balaban J connectivity index is 0.000000469. The van der Waals surface area contributed by atoms with E-state index in [9.17, 15) is 19.2 Å². The highest BCUT2D eigenvalue weighted by Gasteiger charge is 2.19. The van der Waals surface area contributed by atoms with Gasteiger partial charge in [0, 0.05) is 52.4 Å². The molecular weight excluding hydrogens is 422 g/mol. The number of ether oxygens (including phenoxy) is 1. The van der Waals surface area contributed by atoms with Crippen LogP contribution in [0.4, 0.5) is 0 Å². The molecule has 1 aliphatic rings. The Bertz CT molecular complexity index is 641. The van der Waals surface area contributed by atoms with Crippen LogP contribution in [0.2, 0.25) is 0 Å². The molecule has 180 valence electrons. The lowest BCUT2D eigenvalue weighted by molar-refractivity contribution is -0.151. The molecule has 1 fully saturated rings. The fourth-order valence-electron chi connectivity index (χ4n) is 2.12. The largest absolute Gasteiger partial charge is 0.478 e. The summed E-state index contributed by atoms with van der Waals surface area (Å²) in [6, 6.07) is 5.02. The van der Waals surface area contributed by atoms with Crippen LogP contribution in [-0.2, 0) is 14.3 Å². The molecule has 0 bridgehead atoms. The molecule has 0 unspecified atom stereocenters. The third kappa shape index (κ3) is 15.9. The molecule has 2 rings (SSSR count). The predicted octanol–water partition coefficient (Wildman–Crippen LogP) is -1.39. The number of rotatable bonds is 12. The Kier molecular flexibility index (Phi) is 17.1. The zero-order valence-electron chi connectivity index (χ0n) is 18.0. The molecule has 0 amide bonds. The molecule has 1 aromatic rings. The summed E-state index contributed by atoms with van der Waals surface area (Å²) in [4.78, 5) is 40.7. The molecule has 1 aromatic carbocycles. The van der Waals surface area contributed by atoms with Crippen LogP contribution in [-0.4, -0.2) is 86.4 Å². The summed E-state index contributed by atoms with van der Waals surface area (Å²) in [5.74, 6) is -2.92. The maximum absolute atomic E-state index is 10.3. The lowest BCUT2D eigenvalue weighted by atomic mass is 10.1. The Hall–Kier alpha value is -2.90. The number of carboxylic acid groups (broad SMARTS) is 2. The first-order chi connectivity index (χ1) is 15.3. The second-order valence-corrected chi connectivity index (χ2v) is 6.36. The molecule has 0 radical (unpaired) electrons. The molecule has 0 atom stereocenters. The van der Waals surface area contributed by atoms with Gasteiger partial charge in [-0.1, -0.05) is 0 Å². The minimum absolute atomic E-state index is 0.0833. The van der Waals surface area contributed by atoms with Crippen molar-refractivity contribution in [2.75, 3.05) is 52.4 Å². The van der Waals surface area contributed by atoms with Crippen molar-refractivity contribution in [1.29, 1.82) is 0 Å². The van der Waals surface area contributed by atoms with E-state index in [0.717, 1.165) is 39.3 Å². The predicted molar refractivity (Wildman–Crippen MR) is 117 cm³/mol. The summed E-state index contributed by atoms with van der Waals surface area (Å²) < 4.78 is 4.08.